The SMILES string of the molecule is CCC(C)S(=O)(=O)CCCNC(C)(C)C. The number of hydrogen-bond donors (Lipinski definition) is 1. The van der Waals surface area contributed by atoms with Crippen LogP contribution >= 0.6 is 0 Å². The third kappa shape index (κ3) is 6.90. The van der Waals surface area contributed by atoms with Crippen LogP contribution in [0.1, 0.15) is 47.5 Å². The summed E-state index contributed by atoms with van der Waals surface area (Å²) in [6, 6.07) is 0. The maximum atomic E-state index is 11.7. The van der Waals surface area contributed by atoms with Gasteiger partial charge in [0, 0.05) is 5.54 Å². The second kappa shape index (κ2) is 5.85. The predicted octanol–water partition coefficient (Wildman–Crippen LogP) is 1.98. The molecule has 15 heavy (non-hydrogen) atoms. The molecule has 1 atom stereocenters. The smallest absolute Gasteiger partial charge is 0.152 e. The van der Waals surface area contributed by atoms with Gasteiger partial charge in [-0.3, -0.25) is 0 Å². The molecule has 0 aliphatic heterocycles. The molecular weight excluding hydrogens is 210 g/mol. The summed E-state index contributed by atoms with van der Waals surface area (Å²) in [5, 5.41) is 3.09. The van der Waals surface area contributed by atoms with Gasteiger partial charge in [0.25, 0.3) is 0 Å². The summed E-state index contributed by atoms with van der Waals surface area (Å²) in [6.07, 6.45) is 1.40. The minimum Gasteiger partial charge on any atom is -0.312 e. The van der Waals surface area contributed by atoms with Gasteiger partial charge in [-0.25, -0.2) is 8.42 Å². The number of nitrogens with one attached hydrogen (secondary N) is 1. The van der Waals surface area contributed by atoms with Crippen LogP contribution in [-0.4, -0.2) is 31.5 Å². The number of hydrogen-bond acceptors (Lipinski definition) is 3. The Morgan fingerprint density at radius 3 is 2.20 bits per heavy atom. The largest absolute Gasteiger partial charge is 0.312 e. The molecule has 1 N–H and O–H groups in total. The normalized spacial score (nSPS) is 15.3. The van der Waals surface area contributed by atoms with Crippen LogP contribution in [0.15, 0.2) is 0 Å². The van der Waals surface area contributed by atoms with Gasteiger partial charge in [0.15, 0.2) is 9.84 Å². The Morgan fingerprint density at radius 2 is 1.80 bits per heavy atom. The summed E-state index contributed by atoms with van der Waals surface area (Å²) in [5.41, 5.74) is 0.0696. The molecule has 0 fully saturated rings. The zero-order valence-electron chi connectivity index (χ0n) is 10.6. The minimum atomic E-state index is -2.87. The third-order valence-corrected chi connectivity index (χ3v) is 4.87. The van der Waals surface area contributed by atoms with Crippen molar-refractivity contribution in [1.29, 1.82) is 0 Å². The van der Waals surface area contributed by atoms with Gasteiger partial charge in [-0.15, -0.1) is 0 Å². The predicted molar refractivity (Wildman–Crippen MR) is 65.9 cm³/mol. The molecule has 0 aromatic heterocycles. The summed E-state index contributed by atoms with van der Waals surface area (Å²) < 4.78 is 23.3. The van der Waals surface area contributed by atoms with Crippen molar-refractivity contribution in [2.75, 3.05) is 12.3 Å². The first-order valence-corrected chi connectivity index (χ1v) is 7.37. The van der Waals surface area contributed by atoms with E-state index in [2.05, 4.69) is 26.1 Å². The molecule has 4 heteroatoms. The monoisotopic (exact) mass is 235 g/mol. The first-order chi connectivity index (χ1) is 6.69. The lowest BCUT2D eigenvalue weighted by molar-refractivity contribution is 0.426. The van der Waals surface area contributed by atoms with E-state index in [9.17, 15) is 8.42 Å². The van der Waals surface area contributed by atoms with Crippen LogP contribution in [0.3, 0.4) is 0 Å². The fourth-order valence-electron chi connectivity index (χ4n) is 1.19. The molecule has 0 heterocycles. The second-order valence-corrected chi connectivity index (χ2v) is 7.65. The van der Waals surface area contributed by atoms with E-state index in [1.807, 2.05) is 6.92 Å². The van der Waals surface area contributed by atoms with Crippen molar-refractivity contribution >= 4 is 9.84 Å². The number of rotatable bonds is 6. The lowest BCUT2D eigenvalue weighted by Gasteiger charge is -2.20. The fourth-order valence-corrected chi connectivity index (χ4v) is 2.65. The second-order valence-electron chi connectivity index (χ2n) is 5.12. The van der Waals surface area contributed by atoms with Crippen molar-refractivity contribution in [3.05, 3.63) is 0 Å². The molecule has 0 saturated carbocycles. The highest BCUT2D eigenvalue weighted by Gasteiger charge is 2.18. The first kappa shape index (κ1) is 14.9. The van der Waals surface area contributed by atoms with E-state index in [0.29, 0.717) is 18.6 Å². The Hall–Kier alpha value is -0.0900. The molecule has 3 nitrogen and oxygen atoms in total. The maximum Gasteiger partial charge on any atom is 0.152 e. The van der Waals surface area contributed by atoms with Crippen LogP contribution in [0.2, 0.25) is 0 Å². The Kier molecular flexibility index (Phi) is 5.81. The summed E-state index contributed by atoms with van der Waals surface area (Å²) in [5.74, 6) is 0.297. The average Bonchev–Trinajstić information content (AvgIpc) is 2.09. The standard InChI is InChI=1S/C11H25NO2S/c1-6-10(2)15(13,14)9-7-8-12-11(3,4)5/h10,12H,6-9H2,1-5H3. The highest BCUT2D eigenvalue weighted by atomic mass is 32.2. The van der Waals surface area contributed by atoms with Crippen LogP contribution in [0.25, 0.3) is 0 Å². The number of sulfone groups is 1. The van der Waals surface area contributed by atoms with Crippen molar-refractivity contribution in [3.8, 4) is 0 Å². The molecule has 0 bridgehead atoms. The van der Waals surface area contributed by atoms with Crippen LogP contribution in [0.5, 0.6) is 0 Å². The van der Waals surface area contributed by atoms with Gasteiger partial charge < -0.3 is 5.32 Å². The van der Waals surface area contributed by atoms with Gasteiger partial charge in [-0.1, -0.05) is 6.92 Å². The van der Waals surface area contributed by atoms with Crippen molar-refractivity contribution in [2.45, 2.75) is 58.2 Å². The zero-order valence-corrected chi connectivity index (χ0v) is 11.4. The molecule has 0 aliphatic carbocycles. The van der Waals surface area contributed by atoms with E-state index in [4.69, 9.17) is 0 Å². The van der Waals surface area contributed by atoms with Gasteiger partial charge in [0.05, 0.1) is 11.0 Å². The Morgan fingerprint density at radius 1 is 1.27 bits per heavy atom. The van der Waals surface area contributed by atoms with E-state index < -0.39 is 9.84 Å². The quantitative estimate of drug-likeness (QED) is 0.716. The molecule has 1 unspecified atom stereocenters. The van der Waals surface area contributed by atoms with Crippen molar-refractivity contribution < 1.29 is 8.42 Å². The Bertz CT molecular complexity index is 265. The van der Waals surface area contributed by atoms with E-state index in [0.717, 1.165) is 6.54 Å². The van der Waals surface area contributed by atoms with Gasteiger partial charge in [0.1, 0.15) is 0 Å². The molecule has 0 aliphatic rings. The van der Waals surface area contributed by atoms with Crippen LogP contribution in [0.4, 0.5) is 0 Å². The van der Waals surface area contributed by atoms with E-state index in [1.165, 1.54) is 0 Å². The highest BCUT2D eigenvalue weighted by Crippen LogP contribution is 2.07. The van der Waals surface area contributed by atoms with Gasteiger partial charge in [-0.05, 0) is 47.1 Å². The molecular formula is C11H25NO2S. The first-order valence-electron chi connectivity index (χ1n) is 5.65. The summed E-state index contributed by atoms with van der Waals surface area (Å²) >= 11 is 0. The van der Waals surface area contributed by atoms with Crippen molar-refractivity contribution in [3.63, 3.8) is 0 Å². The van der Waals surface area contributed by atoms with Crippen molar-refractivity contribution in [1.82, 2.24) is 5.32 Å². The fraction of sp³-hybridized carbons (Fsp3) is 1.00. The van der Waals surface area contributed by atoms with Gasteiger partial charge in [0.2, 0.25) is 0 Å². The lowest BCUT2D eigenvalue weighted by atomic mass is 10.1. The summed E-state index contributed by atoms with van der Waals surface area (Å²) in [6.45, 7) is 10.7. The van der Waals surface area contributed by atoms with Crippen LogP contribution < -0.4 is 5.32 Å². The molecule has 0 aromatic rings. The topological polar surface area (TPSA) is 46.2 Å². The minimum absolute atomic E-state index is 0.0696. The Balaban J connectivity index is 3.87. The molecule has 92 valence electrons. The van der Waals surface area contributed by atoms with E-state index in [1.54, 1.807) is 6.92 Å². The maximum absolute atomic E-state index is 11.7. The molecule has 0 amide bonds. The van der Waals surface area contributed by atoms with Crippen LogP contribution in [0, 0.1) is 0 Å². The highest BCUT2D eigenvalue weighted by molar-refractivity contribution is 7.91. The van der Waals surface area contributed by atoms with Gasteiger partial charge in [-0.2, -0.15) is 0 Å². The van der Waals surface area contributed by atoms with Crippen molar-refractivity contribution in [2.24, 2.45) is 0 Å². The summed E-state index contributed by atoms with van der Waals surface area (Å²) in [7, 11) is -2.87. The zero-order chi connectivity index (χ0) is 12.1. The average molecular weight is 235 g/mol. The van der Waals surface area contributed by atoms with E-state index >= 15 is 0 Å². The third-order valence-electron chi connectivity index (χ3n) is 2.45. The lowest BCUT2D eigenvalue weighted by Crippen LogP contribution is -2.37. The molecule has 0 spiro atoms. The summed E-state index contributed by atoms with van der Waals surface area (Å²) in [4.78, 5) is 0. The van der Waals surface area contributed by atoms with Crippen LogP contribution in [-0.2, 0) is 9.84 Å². The molecule has 0 rings (SSSR count). The molecule has 0 saturated heterocycles. The molecule has 0 aromatic carbocycles. The van der Waals surface area contributed by atoms with E-state index in [-0.39, 0.29) is 10.8 Å². The Labute approximate surface area is 94.6 Å². The molecule has 0 radical (unpaired) electrons. The van der Waals surface area contributed by atoms with Gasteiger partial charge >= 0.3 is 0 Å².